The van der Waals surface area contributed by atoms with Crippen LogP contribution in [0.25, 0.3) is 0 Å². The Kier molecular flexibility index (Phi) is 13.0. The number of nitrogens with one attached hydrogen (secondary N) is 3. The molecule has 0 aliphatic carbocycles. The zero-order chi connectivity index (χ0) is 24.8. The first-order valence-electron chi connectivity index (χ1n) is 10.1. The Morgan fingerprint density at radius 2 is 1.56 bits per heavy atom. The van der Waals surface area contributed by atoms with Crippen molar-refractivity contribution in [3.63, 3.8) is 0 Å². The van der Waals surface area contributed by atoms with Crippen LogP contribution in [0.4, 0.5) is 0 Å². The second-order valence-corrected chi connectivity index (χ2v) is 7.26. The first kappa shape index (κ1) is 28.6. The van der Waals surface area contributed by atoms with Crippen LogP contribution in [-0.2, 0) is 24.0 Å². The molecule has 0 fully saturated rings. The van der Waals surface area contributed by atoms with E-state index >= 15 is 0 Å². The molecule has 14 heteroatoms. The maximum Gasteiger partial charge on any atom is 0.322 e. The molecule has 0 spiro atoms. The Labute approximate surface area is 185 Å². The van der Waals surface area contributed by atoms with E-state index in [4.69, 9.17) is 28.0 Å². The molecule has 0 radical (unpaired) electrons. The number of carbonyl (C=O) groups is 5. The number of carbonyl (C=O) groups excluding carboxylic acids is 4. The molecule has 0 rings (SSSR count). The number of carboxylic acids is 1. The molecular formula is C18H34N8O6. The summed E-state index contributed by atoms with van der Waals surface area (Å²) in [6.07, 6.45) is 0.473. The number of aliphatic carboxylic acids is 1. The lowest BCUT2D eigenvalue weighted by atomic mass is 9.98. The lowest BCUT2D eigenvalue weighted by molar-refractivity contribution is -0.138. The van der Waals surface area contributed by atoms with Gasteiger partial charge in [0.15, 0.2) is 5.96 Å². The summed E-state index contributed by atoms with van der Waals surface area (Å²) < 4.78 is 0. The highest BCUT2D eigenvalue weighted by Crippen LogP contribution is 2.07. The van der Waals surface area contributed by atoms with Crippen LogP contribution >= 0.6 is 0 Å². The Bertz CT molecular complexity index is 710. The van der Waals surface area contributed by atoms with E-state index in [0.29, 0.717) is 12.8 Å². The molecule has 0 bridgehead atoms. The van der Waals surface area contributed by atoms with E-state index < -0.39 is 60.7 Å². The maximum absolute atomic E-state index is 12.8. The van der Waals surface area contributed by atoms with Gasteiger partial charge in [-0.25, -0.2) is 0 Å². The van der Waals surface area contributed by atoms with Gasteiger partial charge in [-0.05, 0) is 18.8 Å². The first-order valence-corrected chi connectivity index (χ1v) is 10.1. The molecule has 0 aliphatic rings. The van der Waals surface area contributed by atoms with Gasteiger partial charge in [-0.15, -0.1) is 0 Å². The van der Waals surface area contributed by atoms with Crippen LogP contribution < -0.4 is 38.9 Å². The lowest BCUT2D eigenvalue weighted by Crippen LogP contribution is -2.57. The minimum absolute atomic E-state index is 0.0988. The molecule has 0 saturated heterocycles. The van der Waals surface area contributed by atoms with Crippen molar-refractivity contribution >= 4 is 35.6 Å². The van der Waals surface area contributed by atoms with Gasteiger partial charge in [0.1, 0.15) is 18.6 Å². The van der Waals surface area contributed by atoms with E-state index in [1.165, 1.54) is 0 Å². The van der Waals surface area contributed by atoms with Crippen LogP contribution in [0.3, 0.4) is 0 Å². The average Bonchev–Trinajstić information content (AvgIpc) is 2.71. The van der Waals surface area contributed by atoms with Gasteiger partial charge in [-0.1, -0.05) is 20.3 Å². The van der Waals surface area contributed by atoms with Gasteiger partial charge in [0.05, 0.1) is 12.5 Å². The Hall–Kier alpha value is -3.42. The predicted molar refractivity (Wildman–Crippen MR) is 116 cm³/mol. The third-order valence-electron chi connectivity index (χ3n) is 4.59. The number of guanidine groups is 1. The van der Waals surface area contributed by atoms with Crippen molar-refractivity contribution in [2.24, 2.45) is 33.8 Å². The largest absolute Gasteiger partial charge is 0.480 e. The van der Waals surface area contributed by atoms with Crippen LogP contribution in [0.5, 0.6) is 0 Å². The van der Waals surface area contributed by atoms with E-state index in [-0.39, 0.29) is 24.8 Å². The highest BCUT2D eigenvalue weighted by atomic mass is 16.4. The van der Waals surface area contributed by atoms with Crippen molar-refractivity contribution < 1.29 is 29.1 Å². The Balaban J connectivity index is 5.42. The number of hydrogen-bond donors (Lipinski definition) is 8. The summed E-state index contributed by atoms with van der Waals surface area (Å²) in [4.78, 5) is 63.2. The number of aliphatic imine (C=N–C) groups is 1. The van der Waals surface area contributed by atoms with Gasteiger partial charge < -0.3 is 44.0 Å². The number of nitrogens with zero attached hydrogens (tertiary/aromatic N) is 1. The van der Waals surface area contributed by atoms with E-state index in [0.717, 1.165) is 0 Å². The van der Waals surface area contributed by atoms with Crippen LogP contribution in [-0.4, -0.2) is 71.9 Å². The third-order valence-corrected chi connectivity index (χ3v) is 4.59. The number of hydrogen-bond acceptors (Lipinski definition) is 7. The zero-order valence-electron chi connectivity index (χ0n) is 18.3. The molecule has 0 aromatic carbocycles. The van der Waals surface area contributed by atoms with Crippen LogP contribution in [0, 0.1) is 5.92 Å². The van der Waals surface area contributed by atoms with E-state index in [2.05, 4.69) is 20.9 Å². The van der Waals surface area contributed by atoms with Crippen LogP contribution in [0.1, 0.15) is 39.5 Å². The summed E-state index contributed by atoms with van der Waals surface area (Å²) >= 11 is 0. The number of amides is 4. The fraction of sp³-hybridized carbons (Fsp3) is 0.667. The fourth-order valence-electron chi connectivity index (χ4n) is 2.52. The third kappa shape index (κ3) is 11.7. The second-order valence-electron chi connectivity index (χ2n) is 7.26. The molecule has 14 nitrogen and oxygen atoms in total. The van der Waals surface area contributed by atoms with Gasteiger partial charge in [-0.3, -0.25) is 29.0 Å². The maximum atomic E-state index is 12.8. The number of nitrogens with two attached hydrogens (primary N) is 4. The van der Waals surface area contributed by atoms with E-state index in [1.54, 1.807) is 6.92 Å². The summed E-state index contributed by atoms with van der Waals surface area (Å²) in [5.74, 6) is -4.75. The van der Waals surface area contributed by atoms with Crippen molar-refractivity contribution in [1.29, 1.82) is 0 Å². The normalized spacial score (nSPS) is 14.2. The average molecular weight is 459 g/mol. The molecule has 4 unspecified atom stereocenters. The summed E-state index contributed by atoms with van der Waals surface area (Å²) in [5, 5.41) is 15.6. The minimum Gasteiger partial charge on any atom is -0.480 e. The SMILES string of the molecule is CCC(C)C(N)C(=O)NC(CCCN=C(N)N)C(=O)NC(CC(N)=O)C(=O)NCC(=O)O. The number of primary amides is 1. The quantitative estimate of drug-likeness (QED) is 0.0685. The van der Waals surface area contributed by atoms with Gasteiger partial charge in [0, 0.05) is 6.54 Å². The monoisotopic (exact) mass is 458 g/mol. The summed E-state index contributed by atoms with van der Waals surface area (Å²) in [5.41, 5.74) is 21.6. The highest BCUT2D eigenvalue weighted by molar-refractivity contribution is 5.95. The molecule has 182 valence electrons. The molecule has 0 saturated carbocycles. The fourth-order valence-corrected chi connectivity index (χ4v) is 2.52. The molecule has 32 heavy (non-hydrogen) atoms. The van der Waals surface area contributed by atoms with Crippen molar-refractivity contribution in [2.75, 3.05) is 13.1 Å². The minimum atomic E-state index is -1.43. The molecule has 0 aromatic heterocycles. The standard InChI is InChI=1S/C18H34N8O6/c1-3-9(2)14(20)17(32)25-10(5-4-6-23-18(21)22)16(31)26-11(7-12(19)27)15(30)24-8-13(28)29/h9-11,14H,3-8,20H2,1-2H3,(H2,19,27)(H,24,30)(H,25,32)(H,26,31)(H,28,29)(H4,21,22,23). The molecular weight excluding hydrogens is 424 g/mol. The summed E-state index contributed by atoms with van der Waals surface area (Å²) in [6.45, 7) is 3.12. The van der Waals surface area contributed by atoms with E-state index in [9.17, 15) is 24.0 Å². The lowest BCUT2D eigenvalue weighted by Gasteiger charge is -2.25. The molecule has 4 amide bonds. The molecule has 4 atom stereocenters. The summed E-state index contributed by atoms with van der Waals surface area (Å²) in [7, 11) is 0. The highest BCUT2D eigenvalue weighted by Gasteiger charge is 2.30. The van der Waals surface area contributed by atoms with E-state index in [1.807, 2.05) is 6.92 Å². The van der Waals surface area contributed by atoms with Crippen molar-refractivity contribution in [2.45, 2.75) is 57.7 Å². The summed E-state index contributed by atoms with van der Waals surface area (Å²) in [6, 6.07) is -3.41. The molecule has 0 aromatic rings. The predicted octanol–water partition coefficient (Wildman–Crippen LogP) is -3.54. The number of rotatable bonds is 15. The smallest absolute Gasteiger partial charge is 0.322 e. The Morgan fingerprint density at radius 1 is 0.969 bits per heavy atom. The number of carboxylic acid groups (broad SMARTS) is 1. The van der Waals surface area contributed by atoms with Gasteiger partial charge in [-0.2, -0.15) is 0 Å². The van der Waals surface area contributed by atoms with Gasteiger partial charge in [0.2, 0.25) is 23.6 Å². The zero-order valence-corrected chi connectivity index (χ0v) is 18.3. The van der Waals surface area contributed by atoms with Gasteiger partial charge >= 0.3 is 5.97 Å². The van der Waals surface area contributed by atoms with Crippen molar-refractivity contribution in [3.8, 4) is 0 Å². The van der Waals surface area contributed by atoms with Gasteiger partial charge in [0.25, 0.3) is 0 Å². The molecule has 0 aliphatic heterocycles. The first-order chi connectivity index (χ1) is 14.9. The van der Waals surface area contributed by atoms with Crippen LogP contribution in [0.15, 0.2) is 4.99 Å². The second kappa shape index (κ2) is 14.6. The molecule has 12 N–H and O–H groups in total. The van der Waals surface area contributed by atoms with Crippen molar-refractivity contribution in [1.82, 2.24) is 16.0 Å². The Morgan fingerprint density at radius 3 is 2.06 bits per heavy atom. The van der Waals surface area contributed by atoms with Crippen LogP contribution in [0.2, 0.25) is 0 Å². The topological polar surface area (TPSA) is 258 Å². The van der Waals surface area contributed by atoms with Crippen molar-refractivity contribution in [3.05, 3.63) is 0 Å². The molecule has 0 heterocycles.